The molecule has 2 saturated heterocycles. The molecule has 7 heteroatoms. The van der Waals surface area contributed by atoms with Crippen LogP contribution in [0.3, 0.4) is 0 Å². The SMILES string of the molecule is O=C(C1=COCCC1)N1CCO[C@H](c2ccnc(N3CCCC3)n2)C1. The monoisotopic (exact) mass is 344 g/mol. The van der Waals surface area contributed by atoms with E-state index in [0.717, 1.165) is 43.1 Å². The van der Waals surface area contributed by atoms with Crippen LogP contribution in [0.15, 0.2) is 24.1 Å². The molecule has 1 aromatic heterocycles. The van der Waals surface area contributed by atoms with Crippen molar-refractivity contribution in [2.45, 2.75) is 31.8 Å². The number of ether oxygens (including phenoxy) is 2. The van der Waals surface area contributed by atoms with Gasteiger partial charge in [-0.2, -0.15) is 0 Å². The van der Waals surface area contributed by atoms with Crippen molar-refractivity contribution in [3.8, 4) is 0 Å². The van der Waals surface area contributed by atoms with Gasteiger partial charge >= 0.3 is 0 Å². The molecular weight excluding hydrogens is 320 g/mol. The van der Waals surface area contributed by atoms with Gasteiger partial charge < -0.3 is 19.3 Å². The fourth-order valence-electron chi connectivity index (χ4n) is 3.55. The predicted molar refractivity (Wildman–Crippen MR) is 92.0 cm³/mol. The zero-order valence-corrected chi connectivity index (χ0v) is 14.4. The van der Waals surface area contributed by atoms with E-state index in [4.69, 9.17) is 14.5 Å². The summed E-state index contributed by atoms with van der Waals surface area (Å²) in [5.74, 6) is 0.826. The Morgan fingerprint density at radius 1 is 1.16 bits per heavy atom. The highest BCUT2D eigenvalue weighted by Gasteiger charge is 2.29. The summed E-state index contributed by atoms with van der Waals surface area (Å²) in [6.45, 7) is 4.36. The first kappa shape index (κ1) is 16.3. The lowest BCUT2D eigenvalue weighted by Gasteiger charge is -2.33. The first-order chi connectivity index (χ1) is 12.3. The Labute approximate surface area is 147 Å². The molecule has 1 aromatic rings. The molecule has 7 nitrogen and oxygen atoms in total. The van der Waals surface area contributed by atoms with E-state index in [1.54, 1.807) is 12.5 Å². The van der Waals surface area contributed by atoms with Crippen LogP contribution >= 0.6 is 0 Å². The first-order valence-electron chi connectivity index (χ1n) is 9.11. The quantitative estimate of drug-likeness (QED) is 0.831. The van der Waals surface area contributed by atoms with Crippen LogP contribution in [0.4, 0.5) is 5.95 Å². The van der Waals surface area contributed by atoms with Crippen LogP contribution in [0.5, 0.6) is 0 Å². The van der Waals surface area contributed by atoms with Crippen molar-refractivity contribution in [1.29, 1.82) is 0 Å². The number of nitrogens with zero attached hydrogens (tertiary/aromatic N) is 4. The molecule has 0 spiro atoms. The van der Waals surface area contributed by atoms with Gasteiger partial charge in [0.25, 0.3) is 5.91 Å². The molecule has 0 aliphatic carbocycles. The van der Waals surface area contributed by atoms with Crippen molar-refractivity contribution in [2.75, 3.05) is 44.3 Å². The Balaban J connectivity index is 1.46. The molecule has 0 N–H and O–H groups in total. The van der Waals surface area contributed by atoms with Gasteiger partial charge in [-0.1, -0.05) is 0 Å². The van der Waals surface area contributed by atoms with E-state index in [9.17, 15) is 4.79 Å². The Bertz CT molecular complexity index is 657. The van der Waals surface area contributed by atoms with Gasteiger partial charge in [-0.15, -0.1) is 0 Å². The van der Waals surface area contributed by atoms with Gasteiger partial charge in [-0.25, -0.2) is 9.97 Å². The number of morpholine rings is 1. The third kappa shape index (κ3) is 3.61. The second-order valence-corrected chi connectivity index (χ2v) is 6.70. The minimum Gasteiger partial charge on any atom is -0.501 e. The van der Waals surface area contributed by atoms with Crippen LogP contribution in [0, 0.1) is 0 Å². The number of carbonyl (C=O) groups is 1. The fraction of sp³-hybridized carbons (Fsp3) is 0.611. The molecule has 2 fully saturated rings. The number of hydrogen-bond donors (Lipinski definition) is 0. The Morgan fingerprint density at radius 2 is 2.04 bits per heavy atom. The molecule has 134 valence electrons. The lowest BCUT2D eigenvalue weighted by Crippen LogP contribution is -2.43. The van der Waals surface area contributed by atoms with Crippen molar-refractivity contribution in [1.82, 2.24) is 14.9 Å². The van der Waals surface area contributed by atoms with Gasteiger partial charge in [0.05, 0.1) is 37.3 Å². The zero-order chi connectivity index (χ0) is 17.1. The zero-order valence-electron chi connectivity index (χ0n) is 14.4. The van der Waals surface area contributed by atoms with Crippen LogP contribution in [0.25, 0.3) is 0 Å². The molecule has 3 aliphatic heterocycles. The van der Waals surface area contributed by atoms with Crippen LogP contribution in [-0.2, 0) is 14.3 Å². The molecule has 4 heterocycles. The standard InChI is InChI=1S/C18H24N4O3/c23-17(14-4-3-10-24-13-14)22-9-11-25-16(12-22)15-5-6-19-18(20-15)21-7-1-2-8-21/h5-6,13,16H,1-4,7-12H2/t16-/m0/s1. The summed E-state index contributed by atoms with van der Waals surface area (Å²) in [6, 6.07) is 1.89. The summed E-state index contributed by atoms with van der Waals surface area (Å²) >= 11 is 0. The van der Waals surface area contributed by atoms with E-state index in [1.807, 2.05) is 11.0 Å². The molecule has 0 unspecified atom stereocenters. The summed E-state index contributed by atoms with van der Waals surface area (Å²) in [5.41, 5.74) is 1.61. The molecular formula is C18H24N4O3. The van der Waals surface area contributed by atoms with Gasteiger partial charge in [0.15, 0.2) is 0 Å². The van der Waals surface area contributed by atoms with Crippen LogP contribution in [0.2, 0.25) is 0 Å². The van der Waals surface area contributed by atoms with Gasteiger partial charge in [0, 0.05) is 25.8 Å². The lowest BCUT2D eigenvalue weighted by molar-refractivity contribution is -0.135. The molecule has 1 amide bonds. The van der Waals surface area contributed by atoms with E-state index in [2.05, 4.69) is 9.88 Å². The van der Waals surface area contributed by atoms with Crippen LogP contribution in [-0.4, -0.2) is 60.2 Å². The highest BCUT2D eigenvalue weighted by molar-refractivity contribution is 5.93. The maximum absolute atomic E-state index is 12.7. The number of rotatable bonds is 3. The number of carbonyl (C=O) groups excluding carboxylic acids is 1. The average Bonchev–Trinajstić information content (AvgIpc) is 3.23. The summed E-state index contributed by atoms with van der Waals surface area (Å²) in [7, 11) is 0. The van der Waals surface area contributed by atoms with Gasteiger partial charge in [0.2, 0.25) is 5.95 Å². The first-order valence-corrected chi connectivity index (χ1v) is 9.11. The summed E-state index contributed by atoms with van der Waals surface area (Å²) in [5, 5.41) is 0. The fourth-order valence-corrected chi connectivity index (χ4v) is 3.55. The molecule has 4 rings (SSSR count). The summed E-state index contributed by atoms with van der Waals surface area (Å²) in [6.07, 6.45) is 7.26. The molecule has 0 saturated carbocycles. The summed E-state index contributed by atoms with van der Waals surface area (Å²) in [4.78, 5) is 25.8. The van der Waals surface area contributed by atoms with Crippen molar-refractivity contribution in [3.05, 3.63) is 29.8 Å². The smallest absolute Gasteiger partial charge is 0.253 e. The van der Waals surface area contributed by atoms with Crippen LogP contribution in [0.1, 0.15) is 37.5 Å². The molecule has 25 heavy (non-hydrogen) atoms. The normalized spacial score (nSPS) is 24.0. The van der Waals surface area contributed by atoms with Crippen molar-refractivity contribution < 1.29 is 14.3 Å². The van der Waals surface area contributed by atoms with E-state index < -0.39 is 0 Å². The molecule has 3 aliphatic rings. The molecule has 1 atom stereocenters. The second-order valence-electron chi connectivity index (χ2n) is 6.70. The summed E-state index contributed by atoms with van der Waals surface area (Å²) < 4.78 is 11.2. The Kier molecular flexibility index (Phi) is 4.83. The highest BCUT2D eigenvalue weighted by atomic mass is 16.5. The largest absolute Gasteiger partial charge is 0.501 e. The van der Waals surface area contributed by atoms with Crippen LogP contribution < -0.4 is 4.90 Å². The van der Waals surface area contributed by atoms with Gasteiger partial charge in [-0.3, -0.25) is 4.79 Å². The van der Waals surface area contributed by atoms with Crippen molar-refractivity contribution in [2.24, 2.45) is 0 Å². The number of aromatic nitrogens is 2. The molecule has 0 bridgehead atoms. The topological polar surface area (TPSA) is 67.8 Å². The minimum absolute atomic E-state index is 0.0572. The number of anilines is 1. The predicted octanol–water partition coefficient (Wildman–Crippen LogP) is 1.67. The van der Waals surface area contributed by atoms with Gasteiger partial charge in [0.1, 0.15) is 6.10 Å². The molecule has 0 radical (unpaired) electrons. The third-order valence-corrected chi connectivity index (χ3v) is 4.95. The lowest BCUT2D eigenvalue weighted by atomic mass is 10.1. The van der Waals surface area contributed by atoms with E-state index in [1.165, 1.54) is 12.8 Å². The second kappa shape index (κ2) is 7.39. The highest BCUT2D eigenvalue weighted by Crippen LogP contribution is 2.25. The van der Waals surface area contributed by atoms with E-state index in [0.29, 0.717) is 26.3 Å². The number of hydrogen-bond acceptors (Lipinski definition) is 6. The Morgan fingerprint density at radius 3 is 2.84 bits per heavy atom. The minimum atomic E-state index is -0.202. The molecule has 0 aromatic carbocycles. The third-order valence-electron chi connectivity index (χ3n) is 4.95. The maximum atomic E-state index is 12.7. The van der Waals surface area contributed by atoms with Crippen molar-refractivity contribution in [3.63, 3.8) is 0 Å². The maximum Gasteiger partial charge on any atom is 0.253 e. The van der Waals surface area contributed by atoms with Crippen molar-refractivity contribution >= 4 is 11.9 Å². The Hall–Kier alpha value is -2.15. The average molecular weight is 344 g/mol. The van der Waals surface area contributed by atoms with Gasteiger partial charge in [-0.05, 0) is 31.7 Å². The van der Waals surface area contributed by atoms with E-state index in [-0.39, 0.29) is 12.0 Å². The number of amides is 1. The van der Waals surface area contributed by atoms with E-state index >= 15 is 0 Å².